The van der Waals surface area contributed by atoms with Crippen LogP contribution in [0.5, 0.6) is 0 Å². The van der Waals surface area contributed by atoms with Crippen molar-refractivity contribution in [3.8, 4) is 0 Å². The largest absolute Gasteiger partial charge is 0.393 e. The van der Waals surface area contributed by atoms with Gasteiger partial charge in [-0.15, -0.1) is 0 Å². The standard InChI is InChI=1S/C11H12N6O/c12-8-9(13)14-6-15-10(8)16-17-11(18)7-4-2-1-3-5-7/h1-6H,12H2,(H,17,18)(H3,13,14,15,16). The molecule has 0 saturated carbocycles. The first-order chi connectivity index (χ1) is 8.68. The minimum atomic E-state index is -0.299. The second-order valence-corrected chi connectivity index (χ2v) is 3.47. The Morgan fingerprint density at radius 2 is 1.83 bits per heavy atom. The van der Waals surface area contributed by atoms with Gasteiger partial charge < -0.3 is 11.5 Å². The molecule has 7 heteroatoms. The molecule has 1 heterocycles. The Labute approximate surface area is 103 Å². The minimum Gasteiger partial charge on any atom is -0.393 e. The summed E-state index contributed by atoms with van der Waals surface area (Å²) in [4.78, 5) is 19.3. The van der Waals surface area contributed by atoms with E-state index in [0.717, 1.165) is 0 Å². The quantitative estimate of drug-likeness (QED) is 0.580. The molecule has 6 N–H and O–H groups in total. The highest BCUT2D eigenvalue weighted by atomic mass is 16.2. The highest BCUT2D eigenvalue weighted by Gasteiger charge is 2.07. The van der Waals surface area contributed by atoms with Crippen molar-refractivity contribution in [1.82, 2.24) is 15.4 Å². The van der Waals surface area contributed by atoms with Gasteiger partial charge in [0.05, 0.1) is 0 Å². The fourth-order valence-electron chi connectivity index (χ4n) is 1.29. The number of hydrazine groups is 1. The van der Waals surface area contributed by atoms with Gasteiger partial charge in [0.25, 0.3) is 5.91 Å². The number of nitrogens with one attached hydrogen (secondary N) is 2. The number of rotatable bonds is 3. The van der Waals surface area contributed by atoms with E-state index >= 15 is 0 Å². The van der Waals surface area contributed by atoms with Crippen LogP contribution in [-0.2, 0) is 0 Å². The normalized spacial score (nSPS) is 9.78. The van der Waals surface area contributed by atoms with E-state index in [2.05, 4.69) is 20.8 Å². The van der Waals surface area contributed by atoms with Gasteiger partial charge in [0.1, 0.15) is 12.0 Å². The monoisotopic (exact) mass is 244 g/mol. The van der Waals surface area contributed by atoms with Crippen LogP contribution in [0, 0.1) is 0 Å². The Hall–Kier alpha value is -2.83. The molecule has 7 nitrogen and oxygen atoms in total. The molecule has 18 heavy (non-hydrogen) atoms. The summed E-state index contributed by atoms with van der Waals surface area (Å²) in [6.07, 6.45) is 1.25. The Bertz CT molecular complexity index is 557. The van der Waals surface area contributed by atoms with Gasteiger partial charge >= 0.3 is 0 Å². The summed E-state index contributed by atoms with van der Waals surface area (Å²) >= 11 is 0. The number of hydrogen-bond donors (Lipinski definition) is 4. The SMILES string of the molecule is Nc1ncnc(NNC(=O)c2ccccc2)c1N. The summed E-state index contributed by atoms with van der Waals surface area (Å²) in [5.74, 6) is 0.112. The Morgan fingerprint density at radius 1 is 1.11 bits per heavy atom. The molecule has 0 radical (unpaired) electrons. The molecule has 2 rings (SSSR count). The first kappa shape index (κ1) is 11.6. The molecule has 1 amide bonds. The topological polar surface area (TPSA) is 119 Å². The molecule has 0 aliphatic heterocycles. The van der Waals surface area contributed by atoms with Crippen molar-refractivity contribution >= 4 is 23.2 Å². The van der Waals surface area contributed by atoms with Gasteiger partial charge in [-0.1, -0.05) is 18.2 Å². The lowest BCUT2D eigenvalue weighted by molar-refractivity contribution is 0.0962. The van der Waals surface area contributed by atoms with Crippen LogP contribution in [0.1, 0.15) is 10.4 Å². The number of aromatic nitrogens is 2. The van der Waals surface area contributed by atoms with Gasteiger partial charge in [-0.3, -0.25) is 15.6 Å². The highest BCUT2D eigenvalue weighted by Crippen LogP contribution is 2.18. The molecule has 0 fully saturated rings. The maximum Gasteiger partial charge on any atom is 0.269 e. The molecule has 0 bridgehead atoms. The highest BCUT2D eigenvalue weighted by molar-refractivity contribution is 5.95. The van der Waals surface area contributed by atoms with Crippen molar-refractivity contribution in [3.63, 3.8) is 0 Å². The van der Waals surface area contributed by atoms with Gasteiger partial charge in [-0.05, 0) is 12.1 Å². The van der Waals surface area contributed by atoms with Crippen LogP contribution in [0.2, 0.25) is 0 Å². The first-order valence-electron chi connectivity index (χ1n) is 5.16. The third kappa shape index (κ3) is 2.46. The molecule has 0 saturated heterocycles. The van der Waals surface area contributed by atoms with E-state index in [1.807, 2.05) is 6.07 Å². The van der Waals surface area contributed by atoms with E-state index in [1.54, 1.807) is 24.3 Å². The van der Waals surface area contributed by atoms with E-state index < -0.39 is 0 Å². The summed E-state index contributed by atoms with van der Waals surface area (Å²) < 4.78 is 0. The van der Waals surface area contributed by atoms with E-state index in [9.17, 15) is 4.79 Å². The zero-order chi connectivity index (χ0) is 13.0. The molecule has 0 aliphatic carbocycles. The fourth-order valence-corrected chi connectivity index (χ4v) is 1.29. The molecule has 0 unspecified atom stereocenters. The number of benzene rings is 1. The zero-order valence-electron chi connectivity index (χ0n) is 9.42. The van der Waals surface area contributed by atoms with E-state index in [1.165, 1.54) is 6.33 Å². The molecule has 92 valence electrons. The number of anilines is 3. The lowest BCUT2D eigenvalue weighted by atomic mass is 10.2. The van der Waals surface area contributed by atoms with Crippen molar-refractivity contribution in [2.75, 3.05) is 16.9 Å². The van der Waals surface area contributed by atoms with Crippen molar-refractivity contribution in [2.45, 2.75) is 0 Å². The number of carbonyl (C=O) groups is 1. The summed E-state index contributed by atoms with van der Waals surface area (Å²) in [5, 5.41) is 0. The number of nitrogens with two attached hydrogens (primary N) is 2. The maximum atomic E-state index is 11.7. The predicted octanol–water partition coefficient (Wildman–Crippen LogP) is 0.398. The lowest BCUT2D eigenvalue weighted by Crippen LogP contribution is -2.30. The molecule has 2 aromatic rings. The van der Waals surface area contributed by atoms with Gasteiger partial charge in [-0.25, -0.2) is 9.97 Å². The summed E-state index contributed by atoms with van der Waals surface area (Å²) in [6.45, 7) is 0. The second kappa shape index (κ2) is 5.00. The Morgan fingerprint density at radius 3 is 2.56 bits per heavy atom. The van der Waals surface area contributed by atoms with Crippen LogP contribution < -0.4 is 22.3 Å². The van der Waals surface area contributed by atoms with Crippen LogP contribution in [0.4, 0.5) is 17.3 Å². The van der Waals surface area contributed by atoms with Crippen LogP contribution in [0.15, 0.2) is 36.7 Å². The van der Waals surface area contributed by atoms with Crippen molar-refractivity contribution < 1.29 is 4.79 Å². The third-order valence-electron chi connectivity index (χ3n) is 2.25. The van der Waals surface area contributed by atoms with E-state index in [4.69, 9.17) is 11.5 Å². The zero-order valence-corrected chi connectivity index (χ0v) is 9.42. The first-order valence-corrected chi connectivity index (χ1v) is 5.16. The average Bonchev–Trinajstić information content (AvgIpc) is 2.41. The van der Waals surface area contributed by atoms with E-state index in [0.29, 0.717) is 5.56 Å². The molecule has 0 aliphatic rings. The van der Waals surface area contributed by atoms with Gasteiger partial charge in [-0.2, -0.15) is 0 Å². The van der Waals surface area contributed by atoms with E-state index in [-0.39, 0.29) is 23.2 Å². The van der Waals surface area contributed by atoms with Crippen LogP contribution >= 0.6 is 0 Å². The van der Waals surface area contributed by atoms with Gasteiger partial charge in [0.2, 0.25) is 0 Å². The average molecular weight is 244 g/mol. The van der Waals surface area contributed by atoms with Crippen molar-refractivity contribution in [2.24, 2.45) is 0 Å². The second-order valence-electron chi connectivity index (χ2n) is 3.47. The molecular formula is C11H12N6O. The van der Waals surface area contributed by atoms with Crippen LogP contribution in [0.25, 0.3) is 0 Å². The maximum absolute atomic E-state index is 11.7. The predicted molar refractivity (Wildman–Crippen MR) is 68.4 cm³/mol. The minimum absolute atomic E-state index is 0.154. The fraction of sp³-hybridized carbons (Fsp3) is 0. The molecule has 0 spiro atoms. The number of amides is 1. The van der Waals surface area contributed by atoms with Crippen molar-refractivity contribution in [1.29, 1.82) is 0 Å². The van der Waals surface area contributed by atoms with Crippen LogP contribution in [-0.4, -0.2) is 15.9 Å². The Balaban J connectivity index is 2.04. The lowest BCUT2D eigenvalue weighted by Gasteiger charge is -2.10. The van der Waals surface area contributed by atoms with Gasteiger partial charge in [0, 0.05) is 5.56 Å². The summed E-state index contributed by atoms with van der Waals surface area (Å²) in [7, 11) is 0. The molecule has 1 aromatic heterocycles. The Kier molecular flexibility index (Phi) is 3.24. The number of nitrogens with zero attached hydrogens (tertiary/aromatic N) is 2. The van der Waals surface area contributed by atoms with Crippen molar-refractivity contribution in [3.05, 3.63) is 42.2 Å². The van der Waals surface area contributed by atoms with Gasteiger partial charge in [0.15, 0.2) is 11.6 Å². The third-order valence-corrected chi connectivity index (χ3v) is 2.25. The summed E-state index contributed by atoms with van der Waals surface area (Å²) in [6, 6.07) is 8.74. The number of carbonyl (C=O) groups excluding carboxylic acids is 1. The summed E-state index contributed by atoms with van der Waals surface area (Å²) in [5.41, 5.74) is 16.9. The van der Waals surface area contributed by atoms with Crippen LogP contribution in [0.3, 0.4) is 0 Å². The number of hydrogen-bond acceptors (Lipinski definition) is 6. The molecule has 1 aromatic carbocycles. The number of nitrogen functional groups attached to an aromatic ring is 2. The molecule has 0 atom stereocenters. The smallest absolute Gasteiger partial charge is 0.269 e. The molecular weight excluding hydrogens is 232 g/mol.